The fourth-order valence-electron chi connectivity index (χ4n) is 3.50. The smallest absolute Gasteiger partial charge is 0.191 e. The van der Waals surface area contributed by atoms with Crippen LogP contribution in [0.2, 0.25) is 0 Å². The van der Waals surface area contributed by atoms with Crippen molar-refractivity contribution in [1.82, 2.24) is 10.6 Å². The Hall–Kier alpha value is -0.800. The van der Waals surface area contributed by atoms with E-state index in [4.69, 9.17) is 18.9 Å². The van der Waals surface area contributed by atoms with E-state index in [9.17, 15) is 0 Å². The summed E-state index contributed by atoms with van der Waals surface area (Å²) in [7, 11) is 0. The molecule has 0 radical (unpaired) electrons. The van der Waals surface area contributed by atoms with Crippen LogP contribution in [0.25, 0.3) is 0 Å². The third-order valence-corrected chi connectivity index (χ3v) is 5.00. The highest BCUT2D eigenvalue weighted by molar-refractivity contribution is 14.0. The van der Waals surface area contributed by atoms with Crippen LogP contribution < -0.4 is 10.6 Å². The predicted molar refractivity (Wildman–Crippen MR) is 118 cm³/mol. The molecular weight excluding hydrogens is 457 g/mol. The lowest BCUT2D eigenvalue weighted by molar-refractivity contribution is 0.0424. The second kappa shape index (κ2) is 13.4. The van der Waals surface area contributed by atoms with Gasteiger partial charge in [0.1, 0.15) is 5.76 Å². The molecule has 0 bridgehead atoms. The van der Waals surface area contributed by atoms with Gasteiger partial charge in [-0.1, -0.05) is 19.3 Å². The van der Waals surface area contributed by atoms with Crippen LogP contribution in [0.3, 0.4) is 0 Å². The molecule has 1 saturated heterocycles. The lowest BCUT2D eigenvalue weighted by Crippen LogP contribution is -2.45. The molecule has 2 fully saturated rings. The monoisotopic (exact) mass is 491 g/mol. The molecule has 3 rings (SSSR count). The van der Waals surface area contributed by atoms with Crippen molar-refractivity contribution in [1.29, 1.82) is 0 Å². The maximum Gasteiger partial charge on any atom is 0.191 e. The molecule has 1 aliphatic heterocycles. The summed E-state index contributed by atoms with van der Waals surface area (Å²) in [5.41, 5.74) is 0. The quantitative estimate of drug-likeness (QED) is 0.240. The number of aliphatic imine (C=N–C) groups is 1. The predicted octanol–water partition coefficient (Wildman–Crippen LogP) is 3.50. The summed E-state index contributed by atoms with van der Waals surface area (Å²) in [5, 5.41) is 7.07. The van der Waals surface area contributed by atoms with Crippen molar-refractivity contribution in [3.8, 4) is 0 Å². The molecule has 0 spiro atoms. The van der Waals surface area contributed by atoms with Crippen molar-refractivity contribution >= 4 is 29.9 Å². The molecule has 2 heterocycles. The van der Waals surface area contributed by atoms with Gasteiger partial charge in [0.15, 0.2) is 5.96 Å². The van der Waals surface area contributed by atoms with Crippen molar-refractivity contribution in [2.24, 2.45) is 4.99 Å². The molecule has 2 aliphatic rings. The molecule has 6 nitrogen and oxygen atoms in total. The van der Waals surface area contributed by atoms with Crippen molar-refractivity contribution < 1.29 is 13.9 Å². The molecule has 1 aromatic rings. The molecule has 1 unspecified atom stereocenters. The van der Waals surface area contributed by atoms with Crippen LogP contribution in [0, 0.1) is 0 Å². The highest BCUT2D eigenvalue weighted by Crippen LogP contribution is 2.17. The third-order valence-electron chi connectivity index (χ3n) is 5.00. The van der Waals surface area contributed by atoms with E-state index in [0.717, 1.165) is 63.9 Å². The average molecular weight is 491 g/mol. The Balaban J connectivity index is 0.00000261. The normalized spacial score (nSPS) is 21.0. The fraction of sp³-hybridized carbons (Fsp3) is 0.750. The lowest BCUT2D eigenvalue weighted by atomic mass is 9.96. The van der Waals surface area contributed by atoms with Crippen LogP contribution in [0.5, 0.6) is 0 Å². The van der Waals surface area contributed by atoms with E-state index in [-0.39, 0.29) is 30.1 Å². The van der Waals surface area contributed by atoms with Crippen molar-refractivity contribution in [3.63, 3.8) is 0 Å². The molecular formula is C20H34IN3O3. The molecule has 0 amide bonds. The molecule has 7 heteroatoms. The van der Waals surface area contributed by atoms with E-state index in [1.807, 2.05) is 12.1 Å². The van der Waals surface area contributed by atoms with Crippen LogP contribution in [0.1, 0.15) is 50.7 Å². The van der Waals surface area contributed by atoms with E-state index in [1.54, 1.807) is 6.26 Å². The van der Waals surface area contributed by atoms with Gasteiger partial charge in [0.2, 0.25) is 0 Å². The van der Waals surface area contributed by atoms with Gasteiger partial charge in [-0.25, -0.2) is 0 Å². The zero-order valence-electron chi connectivity index (χ0n) is 16.2. The minimum atomic E-state index is 0. The zero-order valence-corrected chi connectivity index (χ0v) is 18.5. The standard InChI is InChI=1S/C20H33N3O3.HI/c1-2-6-17(7-3-1)23-20(22-12-9-18-8-4-13-25-18)21-11-5-14-26-19-10-15-24-16-19;/h4,8,13,17,19H,1-3,5-7,9-12,14-16H2,(H2,21,22,23);1H. The van der Waals surface area contributed by atoms with E-state index in [2.05, 4.69) is 10.6 Å². The fourth-order valence-corrected chi connectivity index (χ4v) is 3.50. The SMILES string of the molecule is I.c1coc(CCNC(=NCCCOC2CCOC2)NC2CCCCC2)c1. The second-order valence-electron chi connectivity index (χ2n) is 7.18. The summed E-state index contributed by atoms with van der Waals surface area (Å²) in [6.07, 6.45) is 11.3. The Morgan fingerprint density at radius 3 is 2.85 bits per heavy atom. The highest BCUT2D eigenvalue weighted by atomic mass is 127. The number of guanidine groups is 1. The van der Waals surface area contributed by atoms with Crippen LogP contribution in [-0.2, 0) is 15.9 Å². The molecule has 27 heavy (non-hydrogen) atoms. The molecule has 1 aromatic heterocycles. The maximum absolute atomic E-state index is 5.82. The summed E-state index contributed by atoms with van der Waals surface area (Å²) in [6, 6.07) is 4.49. The number of hydrogen-bond donors (Lipinski definition) is 2. The second-order valence-corrected chi connectivity index (χ2v) is 7.18. The number of furan rings is 1. The third kappa shape index (κ3) is 8.83. The van der Waals surface area contributed by atoms with Gasteiger partial charge in [0, 0.05) is 38.8 Å². The van der Waals surface area contributed by atoms with Gasteiger partial charge in [-0.05, 0) is 37.8 Å². The molecule has 1 atom stereocenters. The van der Waals surface area contributed by atoms with Gasteiger partial charge < -0.3 is 24.5 Å². The summed E-state index contributed by atoms with van der Waals surface area (Å²) >= 11 is 0. The Labute approximate surface area is 179 Å². The Kier molecular flexibility index (Phi) is 11.2. The summed E-state index contributed by atoms with van der Waals surface area (Å²) < 4.78 is 16.5. The molecule has 154 valence electrons. The number of rotatable bonds is 9. The van der Waals surface area contributed by atoms with Crippen LogP contribution in [0.4, 0.5) is 0 Å². The number of halogens is 1. The van der Waals surface area contributed by atoms with Crippen molar-refractivity contribution in [3.05, 3.63) is 24.2 Å². The maximum atomic E-state index is 5.82. The van der Waals surface area contributed by atoms with Gasteiger partial charge in [0.05, 0.1) is 19.0 Å². The number of nitrogens with zero attached hydrogens (tertiary/aromatic N) is 1. The van der Waals surface area contributed by atoms with Crippen molar-refractivity contribution in [2.45, 2.75) is 63.5 Å². The number of hydrogen-bond acceptors (Lipinski definition) is 4. The first-order valence-corrected chi connectivity index (χ1v) is 10.2. The van der Waals surface area contributed by atoms with Gasteiger partial charge in [-0.3, -0.25) is 4.99 Å². The number of ether oxygens (including phenoxy) is 2. The summed E-state index contributed by atoms with van der Waals surface area (Å²) in [4.78, 5) is 4.75. The largest absolute Gasteiger partial charge is 0.469 e. The van der Waals surface area contributed by atoms with E-state index < -0.39 is 0 Å². The highest BCUT2D eigenvalue weighted by Gasteiger charge is 2.16. The van der Waals surface area contributed by atoms with Gasteiger partial charge in [-0.2, -0.15) is 0 Å². The molecule has 1 aliphatic carbocycles. The topological polar surface area (TPSA) is 68.0 Å². The summed E-state index contributed by atoms with van der Waals surface area (Å²) in [6.45, 7) is 3.92. The average Bonchev–Trinajstić information content (AvgIpc) is 3.36. The molecule has 1 saturated carbocycles. The van der Waals surface area contributed by atoms with E-state index >= 15 is 0 Å². The Bertz CT molecular complexity index is 513. The van der Waals surface area contributed by atoms with Crippen LogP contribution in [-0.4, -0.2) is 51.0 Å². The van der Waals surface area contributed by atoms with Crippen LogP contribution in [0.15, 0.2) is 27.8 Å². The first kappa shape index (κ1) is 22.5. The Morgan fingerprint density at radius 1 is 1.22 bits per heavy atom. The van der Waals surface area contributed by atoms with Gasteiger partial charge in [0.25, 0.3) is 0 Å². The minimum Gasteiger partial charge on any atom is -0.469 e. The van der Waals surface area contributed by atoms with Gasteiger partial charge >= 0.3 is 0 Å². The first-order valence-electron chi connectivity index (χ1n) is 10.2. The Morgan fingerprint density at radius 2 is 2.11 bits per heavy atom. The zero-order chi connectivity index (χ0) is 17.9. The van der Waals surface area contributed by atoms with Crippen molar-refractivity contribution in [2.75, 3.05) is 32.9 Å². The van der Waals surface area contributed by atoms with E-state index in [1.165, 1.54) is 32.1 Å². The molecule has 0 aromatic carbocycles. The van der Waals surface area contributed by atoms with Crippen LogP contribution >= 0.6 is 24.0 Å². The lowest BCUT2D eigenvalue weighted by Gasteiger charge is -2.25. The summed E-state index contributed by atoms with van der Waals surface area (Å²) in [5.74, 6) is 1.93. The molecule has 2 N–H and O–H groups in total. The van der Waals surface area contributed by atoms with E-state index in [0.29, 0.717) is 6.04 Å². The number of nitrogens with one attached hydrogen (secondary N) is 2. The first-order chi connectivity index (χ1) is 12.9. The minimum absolute atomic E-state index is 0. The van der Waals surface area contributed by atoms with Gasteiger partial charge in [-0.15, -0.1) is 24.0 Å².